The van der Waals surface area contributed by atoms with E-state index < -0.39 is 0 Å². The topological polar surface area (TPSA) is 43.4 Å². The average Bonchev–Trinajstić information content (AvgIpc) is 2.85. The first-order valence-corrected chi connectivity index (χ1v) is 10.2. The number of fused-ring (bicyclic) bond motifs is 5. The smallest absolute Gasteiger partial charge is 0.302 e. The second-order valence-electron chi connectivity index (χ2n) is 9.65. The third-order valence-corrected chi connectivity index (χ3v) is 8.80. The lowest BCUT2D eigenvalue weighted by Gasteiger charge is -2.60. The molecule has 3 saturated carbocycles. The Balaban J connectivity index is 1.65. The van der Waals surface area contributed by atoms with E-state index in [0.29, 0.717) is 23.5 Å². The van der Waals surface area contributed by atoms with Crippen LogP contribution in [-0.4, -0.2) is 17.9 Å². The van der Waals surface area contributed by atoms with Crippen molar-refractivity contribution < 1.29 is 14.3 Å². The third kappa shape index (κ3) is 2.37. The van der Waals surface area contributed by atoms with E-state index in [2.05, 4.69) is 20.8 Å². The van der Waals surface area contributed by atoms with Crippen LogP contribution in [-0.2, 0) is 14.3 Å². The van der Waals surface area contributed by atoms with Gasteiger partial charge in [-0.1, -0.05) is 19.4 Å². The summed E-state index contributed by atoms with van der Waals surface area (Å²) in [5.74, 6) is 2.80. The summed E-state index contributed by atoms with van der Waals surface area (Å²) < 4.78 is 5.74. The maximum atomic E-state index is 12.1. The fourth-order valence-corrected chi connectivity index (χ4v) is 7.40. The van der Waals surface area contributed by atoms with Crippen LogP contribution in [0.4, 0.5) is 0 Å². The van der Waals surface area contributed by atoms with Crippen molar-refractivity contribution in [2.75, 3.05) is 0 Å². The van der Waals surface area contributed by atoms with E-state index in [4.69, 9.17) is 4.74 Å². The Morgan fingerprint density at radius 2 is 1.88 bits per heavy atom. The van der Waals surface area contributed by atoms with Crippen LogP contribution in [0.5, 0.6) is 0 Å². The minimum absolute atomic E-state index is 0.103. The van der Waals surface area contributed by atoms with Crippen molar-refractivity contribution in [1.29, 1.82) is 0 Å². The molecule has 7 atom stereocenters. The van der Waals surface area contributed by atoms with Crippen molar-refractivity contribution in [3.63, 3.8) is 0 Å². The van der Waals surface area contributed by atoms with Gasteiger partial charge in [0, 0.05) is 18.8 Å². The lowest BCUT2D eigenvalue weighted by atomic mass is 9.45. The number of carbonyl (C=O) groups excluding carboxylic acids is 2. The van der Waals surface area contributed by atoms with Crippen LogP contribution >= 0.6 is 0 Å². The van der Waals surface area contributed by atoms with Gasteiger partial charge in [0.2, 0.25) is 0 Å². The molecule has 3 heteroatoms. The molecule has 0 radical (unpaired) electrons. The van der Waals surface area contributed by atoms with E-state index in [1.54, 1.807) is 6.92 Å². The van der Waals surface area contributed by atoms with Crippen LogP contribution < -0.4 is 0 Å². The van der Waals surface area contributed by atoms with E-state index in [-0.39, 0.29) is 22.9 Å². The molecule has 0 spiro atoms. The fourth-order valence-electron chi connectivity index (χ4n) is 7.40. The molecule has 0 heterocycles. The molecule has 4 rings (SSSR count). The first-order chi connectivity index (χ1) is 11.8. The molecule has 0 aromatic rings. The highest BCUT2D eigenvalue weighted by Gasteiger charge is 2.61. The van der Waals surface area contributed by atoms with E-state index in [1.165, 1.54) is 31.3 Å². The van der Waals surface area contributed by atoms with Gasteiger partial charge in [-0.15, -0.1) is 0 Å². The van der Waals surface area contributed by atoms with Gasteiger partial charge in [0.15, 0.2) is 5.78 Å². The van der Waals surface area contributed by atoms with Gasteiger partial charge in [0.25, 0.3) is 0 Å². The van der Waals surface area contributed by atoms with Crippen molar-refractivity contribution in [3.05, 3.63) is 11.6 Å². The van der Waals surface area contributed by atoms with Crippen LogP contribution in [0.25, 0.3) is 0 Å². The number of hydrogen-bond acceptors (Lipinski definition) is 3. The Kier molecular flexibility index (Phi) is 3.94. The lowest BCUT2D eigenvalue weighted by molar-refractivity contribution is -0.158. The van der Waals surface area contributed by atoms with Crippen LogP contribution in [0.15, 0.2) is 11.6 Å². The molecule has 0 amide bonds. The number of carbonyl (C=O) groups is 2. The molecule has 0 N–H and O–H groups in total. The maximum absolute atomic E-state index is 12.1. The minimum atomic E-state index is -0.130. The fraction of sp³-hybridized carbons (Fsp3) is 0.818. The Morgan fingerprint density at radius 3 is 2.60 bits per heavy atom. The monoisotopic (exact) mass is 344 g/mol. The van der Waals surface area contributed by atoms with Gasteiger partial charge in [0.1, 0.15) is 6.10 Å². The highest BCUT2D eigenvalue weighted by atomic mass is 16.5. The quantitative estimate of drug-likeness (QED) is 0.648. The second kappa shape index (κ2) is 5.69. The Hall–Kier alpha value is -1.12. The van der Waals surface area contributed by atoms with E-state index >= 15 is 0 Å². The van der Waals surface area contributed by atoms with Gasteiger partial charge in [0.05, 0.1) is 0 Å². The molecular weight excluding hydrogens is 312 g/mol. The molecule has 0 bridgehead atoms. The summed E-state index contributed by atoms with van der Waals surface area (Å²) in [5, 5.41) is 0. The number of rotatable bonds is 1. The van der Waals surface area contributed by atoms with Crippen molar-refractivity contribution in [1.82, 2.24) is 0 Å². The zero-order valence-corrected chi connectivity index (χ0v) is 16.1. The molecule has 3 fully saturated rings. The van der Waals surface area contributed by atoms with Gasteiger partial charge in [-0.05, 0) is 80.6 Å². The van der Waals surface area contributed by atoms with Crippen LogP contribution in [0.1, 0.15) is 72.6 Å². The SMILES string of the molecule is CC(=O)OC1CC[C@H]2[C@@H]3CCC4CC(=O)C=C(C)[C@]4(C)[C@H]3CC[C@]12C. The summed E-state index contributed by atoms with van der Waals surface area (Å²) in [6, 6.07) is 0. The molecule has 0 aromatic carbocycles. The summed E-state index contributed by atoms with van der Waals surface area (Å²) in [5.41, 5.74) is 1.66. The van der Waals surface area contributed by atoms with Gasteiger partial charge in [-0.2, -0.15) is 0 Å². The van der Waals surface area contributed by atoms with Crippen molar-refractivity contribution in [2.45, 2.75) is 78.7 Å². The van der Waals surface area contributed by atoms with Crippen molar-refractivity contribution in [3.8, 4) is 0 Å². The van der Waals surface area contributed by atoms with Crippen LogP contribution in [0.2, 0.25) is 0 Å². The maximum Gasteiger partial charge on any atom is 0.302 e. The van der Waals surface area contributed by atoms with Gasteiger partial charge in [-0.25, -0.2) is 0 Å². The van der Waals surface area contributed by atoms with Gasteiger partial charge < -0.3 is 4.74 Å². The van der Waals surface area contributed by atoms with Gasteiger partial charge in [-0.3, -0.25) is 9.59 Å². The van der Waals surface area contributed by atoms with Crippen LogP contribution in [0, 0.1) is 34.5 Å². The summed E-state index contributed by atoms with van der Waals surface area (Å²) in [7, 11) is 0. The minimum Gasteiger partial charge on any atom is -0.462 e. The lowest BCUT2D eigenvalue weighted by Crippen LogP contribution is -2.54. The molecule has 0 aromatic heterocycles. The molecule has 2 unspecified atom stereocenters. The standard InChI is InChI=1S/C22H32O3/c1-13-11-16(24)12-15-5-6-17-18-7-8-20(25-14(2)23)21(18,3)10-9-19(17)22(13,15)4/h11,15,17-20H,5-10,12H2,1-4H3/t15?,17-,18-,19-,20?,21-,22-/m0/s1. The van der Waals surface area contributed by atoms with E-state index in [9.17, 15) is 9.59 Å². The Bertz CT molecular complexity index is 635. The molecule has 0 saturated heterocycles. The second-order valence-corrected chi connectivity index (χ2v) is 9.65. The molecule has 25 heavy (non-hydrogen) atoms. The highest BCUT2D eigenvalue weighted by molar-refractivity contribution is 5.91. The molecular formula is C22H32O3. The summed E-state index contributed by atoms with van der Waals surface area (Å²) in [6.45, 7) is 8.54. The Labute approximate surface area is 151 Å². The average molecular weight is 344 g/mol. The number of hydrogen-bond donors (Lipinski definition) is 0. The van der Waals surface area contributed by atoms with Crippen LogP contribution in [0.3, 0.4) is 0 Å². The third-order valence-electron chi connectivity index (χ3n) is 8.80. The molecule has 4 aliphatic rings. The number of ketones is 1. The summed E-state index contributed by atoms with van der Waals surface area (Å²) in [4.78, 5) is 23.6. The normalized spacial score (nSPS) is 48.9. The summed E-state index contributed by atoms with van der Waals surface area (Å²) >= 11 is 0. The number of ether oxygens (including phenoxy) is 1. The predicted molar refractivity (Wildman–Crippen MR) is 96.8 cm³/mol. The molecule has 3 nitrogen and oxygen atoms in total. The van der Waals surface area contributed by atoms with Crippen molar-refractivity contribution in [2.24, 2.45) is 34.5 Å². The number of allylic oxidation sites excluding steroid dienone is 2. The first-order valence-electron chi connectivity index (χ1n) is 10.2. The molecule has 138 valence electrons. The predicted octanol–water partition coefficient (Wildman–Crippen LogP) is 4.70. The largest absolute Gasteiger partial charge is 0.462 e. The zero-order chi connectivity index (χ0) is 18.0. The molecule has 0 aliphatic heterocycles. The van der Waals surface area contributed by atoms with Crippen molar-refractivity contribution >= 4 is 11.8 Å². The van der Waals surface area contributed by atoms with E-state index in [0.717, 1.165) is 25.2 Å². The van der Waals surface area contributed by atoms with Gasteiger partial charge >= 0.3 is 5.97 Å². The summed E-state index contributed by atoms with van der Waals surface area (Å²) in [6.07, 6.45) is 9.79. The Morgan fingerprint density at radius 1 is 1.12 bits per heavy atom. The zero-order valence-electron chi connectivity index (χ0n) is 16.1. The van der Waals surface area contributed by atoms with E-state index in [1.807, 2.05) is 6.08 Å². The first kappa shape index (κ1) is 17.3. The molecule has 4 aliphatic carbocycles. The highest BCUT2D eigenvalue weighted by Crippen LogP contribution is 2.66. The number of esters is 1.